The number of hydrogen-bond acceptors (Lipinski definition) is 3. The minimum Gasteiger partial charge on any atom is -0.494 e. The van der Waals surface area contributed by atoms with Gasteiger partial charge in [-0.25, -0.2) is 0 Å². The van der Waals surface area contributed by atoms with Gasteiger partial charge in [0.1, 0.15) is 5.75 Å². The second kappa shape index (κ2) is 8.47. The van der Waals surface area contributed by atoms with E-state index in [9.17, 15) is 0 Å². The highest BCUT2D eigenvalue weighted by Gasteiger charge is 1.93. The van der Waals surface area contributed by atoms with E-state index in [1.165, 1.54) is 0 Å². The Morgan fingerprint density at radius 2 is 2.06 bits per heavy atom. The summed E-state index contributed by atoms with van der Waals surface area (Å²) >= 11 is 4.98. The fourth-order valence-corrected chi connectivity index (χ4v) is 1.43. The predicted octanol–water partition coefficient (Wildman–Crippen LogP) is 2.29. The van der Waals surface area contributed by atoms with Crippen LogP contribution in [0.25, 0.3) is 0 Å². The van der Waals surface area contributed by atoms with Gasteiger partial charge in [-0.2, -0.15) is 5.10 Å². The van der Waals surface area contributed by atoms with Crippen molar-refractivity contribution in [1.29, 1.82) is 0 Å². The zero-order chi connectivity index (χ0) is 13.2. The molecule has 0 spiro atoms. The molecule has 0 bridgehead atoms. The molecule has 0 amide bonds. The van der Waals surface area contributed by atoms with E-state index in [2.05, 4.69) is 22.8 Å². The minimum atomic E-state index is 0.525. The number of benzene rings is 1. The lowest BCUT2D eigenvalue weighted by Gasteiger charge is -2.04. The van der Waals surface area contributed by atoms with E-state index < -0.39 is 0 Å². The van der Waals surface area contributed by atoms with Crippen LogP contribution < -0.4 is 15.5 Å². The molecule has 0 unspecified atom stereocenters. The van der Waals surface area contributed by atoms with Crippen LogP contribution in [-0.4, -0.2) is 24.5 Å². The predicted molar refractivity (Wildman–Crippen MR) is 79.2 cm³/mol. The average molecular weight is 265 g/mol. The molecule has 0 radical (unpaired) electrons. The first kappa shape index (κ1) is 14.4. The monoisotopic (exact) mass is 265 g/mol. The largest absolute Gasteiger partial charge is 0.494 e. The van der Waals surface area contributed by atoms with Gasteiger partial charge in [0.05, 0.1) is 12.8 Å². The van der Waals surface area contributed by atoms with Crippen LogP contribution in [0.4, 0.5) is 0 Å². The Labute approximate surface area is 113 Å². The van der Waals surface area contributed by atoms with Gasteiger partial charge >= 0.3 is 0 Å². The first-order chi connectivity index (χ1) is 8.76. The average Bonchev–Trinajstić information content (AvgIpc) is 2.38. The Morgan fingerprint density at radius 3 is 2.67 bits per heavy atom. The number of nitrogens with zero attached hydrogens (tertiary/aromatic N) is 1. The van der Waals surface area contributed by atoms with Crippen molar-refractivity contribution in [2.24, 2.45) is 5.10 Å². The molecule has 0 aliphatic heterocycles. The molecule has 18 heavy (non-hydrogen) atoms. The molecule has 0 aliphatic rings. The summed E-state index contributed by atoms with van der Waals surface area (Å²) in [5, 5.41) is 7.51. The molecule has 0 heterocycles. The van der Waals surface area contributed by atoms with Gasteiger partial charge in [0.25, 0.3) is 0 Å². The summed E-state index contributed by atoms with van der Waals surface area (Å²) in [6.45, 7) is 5.59. The number of rotatable bonds is 6. The third-order valence-corrected chi connectivity index (χ3v) is 2.31. The first-order valence-electron chi connectivity index (χ1n) is 6.06. The summed E-state index contributed by atoms with van der Waals surface area (Å²) in [5.41, 5.74) is 3.73. The molecule has 1 aromatic rings. The van der Waals surface area contributed by atoms with E-state index in [0.29, 0.717) is 5.11 Å². The van der Waals surface area contributed by atoms with Crippen molar-refractivity contribution in [2.75, 3.05) is 13.2 Å². The Morgan fingerprint density at radius 1 is 1.33 bits per heavy atom. The number of thiocarbonyl (C=S) groups is 1. The van der Waals surface area contributed by atoms with E-state index >= 15 is 0 Å². The molecule has 0 saturated carbocycles. The van der Waals surface area contributed by atoms with Crippen LogP contribution in [0, 0.1) is 0 Å². The van der Waals surface area contributed by atoms with Crippen molar-refractivity contribution in [3.8, 4) is 5.75 Å². The summed E-state index contributed by atoms with van der Waals surface area (Å²) in [6.07, 6.45) is 2.72. The third-order valence-electron chi connectivity index (χ3n) is 2.07. The molecule has 0 atom stereocenters. The topological polar surface area (TPSA) is 45.6 Å². The summed E-state index contributed by atoms with van der Waals surface area (Å²) in [5.74, 6) is 0.880. The van der Waals surface area contributed by atoms with Gasteiger partial charge in [-0.3, -0.25) is 5.43 Å². The Kier molecular flexibility index (Phi) is 6.79. The molecule has 0 aliphatic carbocycles. The van der Waals surface area contributed by atoms with E-state index in [4.69, 9.17) is 17.0 Å². The van der Waals surface area contributed by atoms with Gasteiger partial charge in [-0.15, -0.1) is 0 Å². The van der Waals surface area contributed by atoms with E-state index in [-0.39, 0.29) is 0 Å². The van der Waals surface area contributed by atoms with E-state index in [1.807, 2.05) is 31.2 Å². The molecule has 1 aromatic carbocycles. The van der Waals surface area contributed by atoms with Crippen molar-refractivity contribution < 1.29 is 4.74 Å². The van der Waals surface area contributed by atoms with Gasteiger partial charge in [0.2, 0.25) is 0 Å². The molecular weight excluding hydrogens is 246 g/mol. The van der Waals surface area contributed by atoms with Gasteiger partial charge < -0.3 is 10.1 Å². The molecular formula is C13H19N3OS. The number of nitrogens with one attached hydrogen (secondary N) is 2. The van der Waals surface area contributed by atoms with Crippen LogP contribution >= 0.6 is 12.2 Å². The lowest BCUT2D eigenvalue weighted by atomic mass is 10.2. The standard InChI is InChI=1S/C13H19N3OS/c1-3-9-17-12-7-5-11(6-8-12)10-15-16-13(18)14-4-2/h5-8,10H,3-4,9H2,1-2H3,(H2,14,16,18)/b15-10+. The molecule has 0 aromatic heterocycles. The number of ether oxygens (including phenoxy) is 1. The SMILES string of the molecule is CCCOc1ccc(/C=N/NC(=S)NCC)cc1. The fourth-order valence-electron chi connectivity index (χ4n) is 1.24. The maximum Gasteiger partial charge on any atom is 0.186 e. The summed E-state index contributed by atoms with van der Waals surface area (Å²) in [7, 11) is 0. The van der Waals surface area contributed by atoms with Crippen LogP contribution in [0.5, 0.6) is 5.75 Å². The van der Waals surface area contributed by atoms with Crippen LogP contribution in [0.2, 0.25) is 0 Å². The first-order valence-corrected chi connectivity index (χ1v) is 6.46. The second-order valence-corrected chi connectivity index (χ2v) is 4.06. The van der Waals surface area contributed by atoms with E-state index in [0.717, 1.165) is 30.9 Å². The zero-order valence-electron chi connectivity index (χ0n) is 10.8. The van der Waals surface area contributed by atoms with E-state index in [1.54, 1.807) is 6.21 Å². The van der Waals surface area contributed by atoms with Crippen LogP contribution in [-0.2, 0) is 0 Å². The Hall–Kier alpha value is -1.62. The van der Waals surface area contributed by atoms with Crippen molar-refractivity contribution in [1.82, 2.24) is 10.7 Å². The van der Waals surface area contributed by atoms with Gasteiger partial charge in [-0.05, 0) is 55.4 Å². The Bertz CT molecular complexity index is 390. The van der Waals surface area contributed by atoms with Gasteiger partial charge in [0, 0.05) is 6.54 Å². The van der Waals surface area contributed by atoms with Crippen molar-refractivity contribution in [2.45, 2.75) is 20.3 Å². The van der Waals surface area contributed by atoms with Gasteiger partial charge in [-0.1, -0.05) is 6.92 Å². The number of hydrogen-bond donors (Lipinski definition) is 2. The Balaban J connectivity index is 2.43. The molecule has 4 nitrogen and oxygen atoms in total. The molecule has 0 saturated heterocycles. The highest BCUT2D eigenvalue weighted by Crippen LogP contribution is 2.11. The van der Waals surface area contributed by atoms with Crippen molar-refractivity contribution >= 4 is 23.5 Å². The maximum absolute atomic E-state index is 5.49. The van der Waals surface area contributed by atoms with Crippen LogP contribution in [0.15, 0.2) is 29.4 Å². The number of hydrazone groups is 1. The molecule has 1 rings (SSSR count). The quantitative estimate of drug-likeness (QED) is 0.470. The molecule has 98 valence electrons. The second-order valence-electron chi connectivity index (χ2n) is 3.65. The summed E-state index contributed by atoms with van der Waals surface area (Å²) in [4.78, 5) is 0. The van der Waals surface area contributed by atoms with Crippen LogP contribution in [0.3, 0.4) is 0 Å². The van der Waals surface area contributed by atoms with Crippen LogP contribution in [0.1, 0.15) is 25.8 Å². The highest BCUT2D eigenvalue weighted by atomic mass is 32.1. The molecule has 5 heteroatoms. The minimum absolute atomic E-state index is 0.525. The third kappa shape index (κ3) is 5.63. The lowest BCUT2D eigenvalue weighted by molar-refractivity contribution is 0.317. The normalized spacial score (nSPS) is 10.3. The molecule has 0 fully saturated rings. The fraction of sp³-hybridized carbons (Fsp3) is 0.385. The molecule has 2 N–H and O–H groups in total. The lowest BCUT2D eigenvalue weighted by Crippen LogP contribution is -2.31. The van der Waals surface area contributed by atoms with Gasteiger partial charge in [0.15, 0.2) is 5.11 Å². The van der Waals surface area contributed by atoms with Crippen molar-refractivity contribution in [3.05, 3.63) is 29.8 Å². The highest BCUT2D eigenvalue weighted by molar-refractivity contribution is 7.80. The maximum atomic E-state index is 5.49. The van der Waals surface area contributed by atoms with Crippen molar-refractivity contribution in [3.63, 3.8) is 0 Å². The zero-order valence-corrected chi connectivity index (χ0v) is 11.6. The summed E-state index contributed by atoms with van der Waals surface area (Å²) in [6, 6.07) is 7.76. The smallest absolute Gasteiger partial charge is 0.186 e. The summed E-state index contributed by atoms with van der Waals surface area (Å²) < 4.78 is 5.49.